The maximum atomic E-state index is 11.7. The van der Waals surface area contributed by atoms with Crippen LogP contribution >= 0.6 is 0 Å². The van der Waals surface area contributed by atoms with Crippen molar-refractivity contribution < 1.29 is 14.7 Å². The van der Waals surface area contributed by atoms with Gasteiger partial charge >= 0.3 is 5.97 Å². The molecule has 0 aliphatic carbocycles. The zero-order valence-corrected chi connectivity index (χ0v) is 10.1. The second-order valence-electron chi connectivity index (χ2n) is 4.28. The molecule has 0 spiro atoms. The average molecular weight is 253 g/mol. The fourth-order valence-corrected chi connectivity index (χ4v) is 1.80. The fourth-order valence-electron chi connectivity index (χ4n) is 1.80. The number of unbranched alkanes of at least 4 members (excludes halogenated alkanes) is 1. The standard InChI is InChI=1S/C10H15N5O3/c1-2-3-4-15-12-10(11-13-15)14-6-7(9(17)18)5-8(14)16/h7H,2-6H2,1H3,(H,17,18). The van der Waals surface area contributed by atoms with E-state index in [1.165, 1.54) is 9.70 Å². The highest BCUT2D eigenvalue weighted by Gasteiger charge is 2.37. The van der Waals surface area contributed by atoms with Crippen LogP contribution in [0.3, 0.4) is 0 Å². The Kier molecular flexibility index (Phi) is 3.54. The largest absolute Gasteiger partial charge is 0.481 e. The zero-order chi connectivity index (χ0) is 13.1. The Bertz CT molecular complexity index is 458. The summed E-state index contributed by atoms with van der Waals surface area (Å²) in [5.41, 5.74) is 0. The monoisotopic (exact) mass is 253 g/mol. The van der Waals surface area contributed by atoms with Crippen molar-refractivity contribution >= 4 is 17.8 Å². The van der Waals surface area contributed by atoms with Crippen LogP contribution in [0.25, 0.3) is 0 Å². The first-order valence-electron chi connectivity index (χ1n) is 5.92. The highest BCUT2D eigenvalue weighted by atomic mass is 16.4. The summed E-state index contributed by atoms with van der Waals surface area (Å²) in [5.74, 6) is -1.72. The van der Waals surface area contributed by atoms with Crippen molar-refractivity contribution in [1.29, 1.82) is 0 Å². The molecule has 8 heteroatoms. The molecule has 0 bridgehead atoms. The Morgan fingerprint density at radius 1 is 1.56 bits per heavy atom. The molecule has 1 aromatic rings. The molecule has 8 nitrogen and oxygen atoms in total. The van der Waals surface area contributed by atoms with E-state index >= 15 is 0 Å². The van der Waals surface area contributed by atoms with Crippen molar-refractivity contribution in [1.82, 2.24) is 20.2 Å². The third kappa shape index (κ3) is 2.47. The number of aromatic nitrogens is 4. The Morgan fingerprint density at radius 3 is 2.94 bits per heavy atom. The van der Waals surface area contributed by atoms with Crippen molar-refractivity contribution in [2.45, 2.75) is 32.7 Å². The van der Waals surface area contributed by atoms with E-state index in [0.29, 0.717) is 6.54 Å². The van der Waals surface area contributed by atoms with Crippen molar-refractivity contribution in [3.63, 3.8) is 0 Å². The quantitative estimate of drug-likeness (QED) is 0.787. The van der Waals surface area contributed by atoms with Gasteiger partial charge in [0.1, 0.15) is 0 Å². The number of carbonyl (C=O) groups is 2. The number of aryl methyl sites for hydroxylation is 1. The first kappa shape index (κ1) is 12.5. The molecule has 2 heterocycles. The van der Waals surface area contributed by atoms with Crippen LogP contribution in [0.4, 0.5) is 5.95 Å². The topological polar surface area (TPSA) is 101 Å². The first-order valence-corrected chi connectivity index (χ1v) is 5.92. The number of nitrogens with zero attached hydrogens (tertiary/aromatic N) is 5. The summed E-state index contributed by atoms with van der Waals surface area (Å²) in [7, 11) is 0. The first-order chi connectivity index (χ1) is 8.61. The summed E-state index contributed by atoms with van der Waals surface area (Å²) in [6, 6.07) is 0. The second kappa shape index (κ2) is 5.11. The van der Waals surface area contributed by atoms with Crippen molar-refractivity contribution in [3.8, 4) is 0 Å². The maximum Gasteiger partial charge on any atom is 0.308 e. The molecule has 1 unspecified atom stereocenters. The predicted octanol–water partition coefficient (Wildman–Crippen LogP) is -0.0893. The van der Waals surface area contributed by atoms with Crippen LogP contribution in [0, 0.1) is 5.92 Å². The second-order valence-corrected chi connectivity index (χ2v) is 4.28. The van der Waals surface area contributed by atoms with Gasteiger partial charge < -0.3 is 5.11 Å². The van der Waals surface area contributed by atoms with Gasteiger partial charge in [-0.15, -0.1) is 5.10 Å². The lowest BCUT2D eigenvalue weighted by molar-refractivity contribution is -0.141. The van der Waals surface area contributed by atoms with Crippen LogP contribution < -0.4 is 4.90 Å². The van der Waals surface area contributed by atoms with E-state index in [2.05, 4.69) is 22.3 Å². The lowest BCUT2D eigenvalue weighted by Crippen LogP contribution is -2.27. The van der Waals surface area contributed by atoms with Gasteiger partial charge in [0.05, 0.1) is 12.5 Å². The van der Waals surface area contributed by atoms with E-state index < -0.39 is 11.9 Å². The number of aliphatic carboxylic acids is 1. The Balaban J connectivity index is 2.05. The molecule has 1 fully saturated rings. The molecular weight excluding hydrogens is 238 g/mol. The highest BCUT2D eigenvalue weighted by Crippen LogP contribution is 2.21. The zero-order valence-electron chi connectivity index (χ0n) is 10.1. The summed E-state index contributed by atoms with van der Waals surface area (Å²) in [5, 5.41) is 20.6. The molecule has 2 rings (SSSR count). The molecule has 1 N–H and O–H groups in total. The number of carboxylic acids is 1. The Morgan fingerprint density at radius 2 is 2.33 bits per heavy atom. The molecule has 0 radical (unpaired) electrons. The summed E-state index contributed by atoms with van der Waals surface area (Å²) >= 11 is 0. The smallest absolute Gasteiger partial charge is 0.308 e. The van der Waals surface area contributed by atoms with Gasteiger partial charge in [-0.2, -0.15) is 4.80 Å². The van der Waals surface area contributed by atoms with Crippen molar-refractivity contribution in [2.75, 3.05) is 11.4 Å². The van der Waals surface area contributed by atoms with Crippen LogP contribution in [0.1, 0.15) is 26.2 Å². The summed E-state index contributed by atoms with van der Waals surface area (Å²) in [6.45, 7) is 2.82. The van der Waals surface area contributed by atoms with Gasteiger partial charge in [0, 0.05) is 13.0 Å². The van der Waals surface area contributed by atoms with Gasteiger partial charge in [0.15, 0.2) is 0 Å². The van der Waals surface area contributed by atoms with E-state index in [-0.39, 0.29) is 24.8 Å². The van der Waals surface area contributed by atoms with Gasteiger partial charge in [-0.25, -0.2) is 0 Å². The minimum Gasteiger partial charge on any atom is -0.481 e. The lowest BCUT2D eigenvalue weighted by atomic mass is 10.1. The Hall–Kier alpha value is -1.99. The van der Waals surface area contributed by atoms with E-state index in [1.807, 2.05) is 0 Å². The van der Waals surface area contributed by atoms with E-state index in [9.17, 15) is 9.59 Å². The molecule has 1 aliphatic rings. The summed E-state index contributed by atoms with van der Waals surface area (Å²) in [4.78, 5) is 25.2. The molecule has 18 heavy (non-hydrogen) atoms. The molecule has 0 aromatic carbocycles. The number of carbonyl (C=O) groups excluding carboxylic acids is 1. The van der Waals surface area contributed by atoms with Gasteiger partial charge in [-0.3, -0.25) is 14.5 Å². The number of tetrazole rings is 1. The highest BCUT2D eigenvalue weighted by molar-refractivity contribution is 5.97. The normalized spacial score (nSPS) is 19.5. The minimum atomic E-state index is -0.968. The molecule has 1 aromatic heterocycles. The molecule has 1 aliphatic heterocycles. The van der Waals surface area contributed by atoms with Gasteiger partial charge in [-0.05, 0) is 11.6 Å². The third-order valence-corrected chi connectivity index (χ3v) is 2.87. The predicted molar refractivity (Wildman–Crippen MR) is 60.8 cm³/mol. The Labute approximate surface area is 104 Å². The van der Waals surface area contributed by atoms with Gasteiger partial charge in [0.2, 0.25) is 5.91 Å². The SMILES string of the molecule is CCCCn1nnc(N2CC(C(=O)O)CC2=O)n1. The minimum absolute atomic E-state index is 0.00116. The van der Waals surface area contributed by atoms with Gasteiger partial charge in [-0.1, -0.05) is 18.4 Å². The molecular formula is C10H15N5O3. The van der Waals surface area contributed by atoms with E-state index in [1.54, 1.807) is 0 Å². The van der Waals surface area contributed by atoms with Crippen LogP contribution in [-0.4, -0.2) is 43.7 Å². The lowest BCUT2D eigenvalue weighted by Gasteiger charge is -2.09. The molecule has 98 valence electrons. The van der Waals surface area contributed by atoms with E-state index in [4.69, 9.17) is 5.11 Å². The van der Waals surface area contributed by atoms with Gasteiger partial charge in [0.25, 0.3) is 5.95 Å². The average Bonchev–Trinajstić information content (AvgIpc) is 2.92. The van der Waals surface area contributed by atoms with Crippen LogP contribution in [0.2, 0.25) is 0 Å². The van der Waals surface area contributed by atoms with Crippen molar-refractivity contribution in [2.24, 2.45) is 5.92 Å². The molecule has 1 atom stereocenters. The molecule has 0 saturated carbocycles. The summed E-state index contributed by atoms with van der Waals surface area (Å²) in [6.07, 6.45) is 1.95. The maximum absolute atomic E-state index is 11.7. The number of hydrogen-bond donors (Lipinski definition) is 1. The number of rotatable bonds is 5. The fraction of sp³-hybridized carbons (Fsp3) is 0.700. The van der Waals surface area contributed by atoms with Crippen LogP contribution in [0.5, 0.6) is 0 Å². The number of anilines is 1. The number of carboxylic acid groups (broad SMARTS) is 1. The van der Waals surface area contributed by atoms with Crippen LogP contribution in [0.15, 0.2) is 0 Å². The number of amides is 1. The van der Waals surface area contributed by atoms with Crippen LogP contribution in [-0.2, 0) is 16.1 Å². The summed E-state index contributed by atoms with van der Waals surface area (Å²) < 4.78 is 0. The molecule has 1 saturated heterocycles. The third-order valence-electron chi connectivity index (χ3n) is 2.87. The number of hydrogen-bond acceptors (Lipinski definition) is 5. The molecule has 1 amide bonds. The van der Waals surface area contributed by atoms with Crippen molar-refractivity contribution in [3.05, 3.63) is 0 Å². The van der Waals surface area contributed by atoms with E-state index in [0.717, 1.165) is 12.8 Å².